The maximum Gasteiger partial charge on any atom is 0.315 e. The van der Waals surface area contributed by atoms with Crippen LogP contribution in [-0.4, -0.2) is 29.2 Å². The van der Waals surface area contributed by atoms with Crippen LogP contribution in [0.3, 0.4) is 0 Å². The number of rotatable bonds is 3. The first kappa shape index (κ1) is 10.9. The molecule has 0 saturated heterocycles. The number of nitrogens with zero attached hydrogens (tertiary/aromatic N) is 1. The van der Waals surface area contributed by atoms with Gasteiger partial charge in [0.2, 0.25) is 5.88 Å². The van der Waals surface area contributed by atoms with E-state index in [1.54, 1.807) is 18.2 Å². The third-order valence-electron chi connectivity index (χ3n) is 3.05. The number of carboxylic acids is 1. The molecular weight excluding hydrogens is 208 g/mol. The highest BCUT2D eigenvalue weighted by Crippen LogP contribution is 2.42. The van der Waals surface area contributed by atoms with Crippen LogP contribution >= 0.6 is 0 Å². The summed E-state index contributed by atoms with van der Waals surface area (Å²) in [5.74, 6) is -0.437. The topological polar surface area (TPSA) is 85.4 Å². The molecule has 5 nitrogen and oxygen atoms in total. The minimum absolute atomic E-state index is 0.0518. The van der Waals surface area contributed by atoms with Crippen molar-refractivity contribution in [1.29, 1.82) is 0 Å². The molecule has 0 unspecified atom stereocenters. The lowest BCUT2D eigenvalue weighted by Gasteiger charge is -2.41. The number of ether oxygens (including phenoxy) is 1. The number of pyridine rings is 1. The molecule has 86 valence electrons. The number of nitrogens with two attached hydrogens (primary N) is 1. The lowest BCUT2D eigenvalue weighted by molar-refractivity contribution is -0.148. The largest absolute Gasteiger partial charge is 0.481 e. The Balaban J connectivity index is 2.37. The predicted octanol–water partition coefficient (Wildman–Crippen LogP) is 0.534. The van der Waals surface area contributed by atoms with Crippen LogP contribution in [0.25, 0.3) is 0 Å². The van der Waals surface area contributed by atoms with Crippen molar-refractivity contribution in [3.8, 4) is 5.88 Å². The van der Waals surface area contributed by atoms with Gasteiger partial charge in [-0.05, 0) is 18.9 Å². The second kappa shape index (κ2) is 3.75. The van der Waals surface area contributed by atoms with Crippen molar-refractivity contribution in [3.05, 3.63) is 23.9 Å². The second-order valence-electron chi connectivity index (χ2n) is 4.12. The van der Waals surface area contributed by atoms with Gasteiger partial charge in [-0.3, -0.25) is 4.79 Å². The van der Waals surface area contributed by atoms with Crippen molar-refractivity contribution in [2.75, 3.05) is 7.11 Å². The average molecular weight is 222 g/mol. The van der Waals surface area contributed by atoms with Crippen LogP contribution in [-0.2, 0) is 10.2 Å². The van der Waals surface area contributed by atoms with Crippen molar-refractivity contribution in [1.82, 2.24) is 4.98 Å². The van der Waals surface area contributed by atoms with Crippen LogP contribution in [0.2, 0.25) is 0 Å². The molecular formula is C11H14N2O3. The Hall–Kier alpha value is -1.62. The third kappa shape index (κ3) is 1.53. The molecule has 1 aromatic rings. The lowest BCUT2D eigenvalue weighted by atomic mass is 9.63. The summed E-state index contributed by atoms with van der Waals surface area (Å²) < 4.78 is 4.99. The molecule has 0 bridgehead atoms. The van der Waals surface area contributed by atoms with Crippen LogP contribution in [0, 0.1) is 0 Å². The van der Waals surface area contributed by atoms with Gasteiger partial charge in [-0.15, -0.1) is 0 Å². The van der Waals surface area contributed by atoms with E-state index in [1.165, 1.54) is 7.11 Å². The molecule has 1 saturated carbocycles. The number of aliphatic carboxylic acids is 1. The average Bonchev–Trinajstić information content (AvgIpc) is 2.24. The Bertz CT molecular complexity index is 413. The Morgan fingerprint density at radius 1 is 1.62 bits per heavy atom. The van der Waals surface area contributed by atoms with Gasteiger partial charge in [0.05, 0.1) is 12.8 Å². The van der Waals surface area contributed by atoms with Crippen LogP contribution in [0.5, 0.6) is 5.88 Å². The molecule has 1 aromatic heterocycles. The highest BCUT2D eigenvalue weighted by Gasteiger charge is 2.51. The number of methoxy groups -OCH3 is 1. The maximum atomic E-state index is 11.3. The summed E-state index contributed by atoms with van der Waals surface area (Å²) >= 11 is 0. The summed E-state index contributed by atoms with van der Waals surface area (Å²) in [4.78, 5) is 15.5. The highest BCUT2D eigenvalue weighted by molar-refractivity contribution is 5.82. The minimum Gasteiger partial charge on any atom is -0.481 e. The predicted molar refractivity (Wildman–Crippen MR) is 57.3 cm³/mol. The minimum atomic E-state index is -0.923. The first-order valence-corrected chi connectivity index (χ1v) is 5.09. The van der Waals surface area contributed by atoms with E-state index in [4.69, 9.17) is 10.5 Å². The first-order valence-electron chi connectivity index (χ1n) is 5.09. The quantitative estimate of drug-likeness (QED) is 0.779. The Kier molecular flexibility index (Phi) is 2.55. The summed E-state index contributed by atoms with van der Waals surface area (Å²) in [6.45, 7) is 0. The van der Waals surface area contributed by atoms with Crippen LogP contribution in [0.15, 0.2) is 18.2 Å². The van der Waals surface area contributed by atoms with Gasteiger partial charge >= 0.3 is 5.97 Å². The third-order valence-corrected chi connectivity index (χ3v) is 3.05. The fraction of sp³-hybridized carbons (Fsp3) is 0.455. The van der Waals surface area contributed by atoms with E-state index in [-0.39, 0.29) is 6.04 Å². The zero-order valence-electron chi connectivity index (χ0n) is 9.01. The van der Waals surface area contributed by atoms with Gasteiger partial charge in [-0.2, -0.15) is 0 Å². The van der Waals surface area contributed by atoms with E-state index in [9.17, 15) is 9.90 Å². The van der Waals surface area contributed by atoms with Gasteiger partial charge in [-0.1, -0.05) is 6.07 Å². The SMILES string of the molecule is COc1cccc(C2(C(=O)O)CC(N)C2)n1. The molecule has 1 aliphatic carbocycles. The molecule has 16 heavy (non-hydrogen) atoms. The highest BCUT2D eigenvalue weighted by atomic mass is 16.5. The van der Waals surface area contributed by atoms with Crippen molar-refractivity contribution >= 4 is 5.97 Å². The number of hydrogen-bond acceptors (Lipinski definition) is 4. The number of carboxylic acid groups (broad SMARTS) is 1. The Morgan fingerprint density at radius 3 is 2.81 bits per heavy atom. The van der Waals surface area contributed by atoms with Gasteiger partial charge in [0.1, 0.15) is 5.41 Å². The normalized spacial score (nSPS) is 28.2. The monoisotopic (exact) mass is 222 g/mol. The molecule has 2 rings (SSSR count). The van der Waals surface area contributed by atoms with Crippen LogP contribution in [0.1, 0.15) is 18.5 Å². The van der Waals surface area contributed by atoms with Gasteiger partial charge in [-0.25, -0.2) is 4.98 Å². The molecule has 1 fully saturated rings. The molecule has 1 heterocycles. The number of hydrogen-bond donors (Lipinski definition) is 2. The standard InChI is InChI=1S/C11H14N2O3/c1-16-9-4-2-3-8(13-9)11(10(14)15)5-7(12)6-11/h2-4,7H,5-6,12H2,1H3,(H,14,15). The van der Waals surface area contributed by atoms with Gasteiger partial charge in [0, 0.05) is 12.1 Å². The van der Waals surface area contributed by atoms with E-state index in [0.29, 0.717) is 24.4 Å². The van der Waals surface area contributed by atoms with E-state index < -0.39 is 11.4 Å². The molecule has 0 aromatic carbocycles. The lowest BCUT2D eigenvalue weighted by Crippen LogP contribution is -2.54. The molecule has 0 aliphatic heterocycles. The van der Waals surface area contributed by atoms with Crippen molar-refractivity contribution in [3.63, 3.8) is 0 Å². The molecule has 0 amide bonds. The zero-order valence-corrected chi connectivity index (χ0v) is 9.01. The van der Waals surface area contributed by atoms with Crippen LogP contribution in [0.4, 0.5) is 0 Å². The fourth-order valence-electron chi connectivity index (χ4n) is 2.12. The molecule has 5 heteroatoms. The fourth-order valence-corrected chi connectivity index (χ4v) is 2.12. The summed E-state index contributed by atoms with van der Waals surface area (Å²) in [5, 5.41) is 9.28. The van der Waals surface area contributed by atoms with E-state index in [2.05, 4.69) is 4.98 Å². The summed E-state index contributed by atoms with van der Waals surface area (Å²) in [6.07, 6.45) is 0.866. The Labute approximate surface area is 93.2 Å². The smallest absolute Gasteiger partial charge is 0.315 e. The maximum absolute atomic E-state index is 11.3. The number of aromatic nitrogens is 1. The molecule has 3 N–H and O–H groups in total. The van der Waals surface area contributed by atoms with Crippen molar-refractivity contribution in [2.45, 2.75) is 24.3 Å². The molecule has 0 atom stereocenters. The zero-order chi connectivity index (χ0) is 11.8. The van der Waals surface area contributed by atoms with Gasteiger partial charge < -0.3 is 15.6 Å². The van der Waals surface area contributed by atoms with Crippen molar-refractivity contribution in [2.24, 2.45) is 5.73 Å². The summed E-state index contributed by atoms with van der Waals surface area (Å²) in [5.41, 5.74) is 5.28. The molecule has 0 radical (unpaired) electrons. The molecule has 1 aliphatic rings. The van der Waals surface area contributed by atoms with Crippen LogP contribution < -0.4 is 10.5 Å². The Morgan fingerprint density at radius 2 is 2.31 bits per heavy atom. The van der Waals surface area contributed by atoms with Gasteiger partial charge in [0.15, 0.2) is 0 Å². The van der Waals surface area contributed by atoms with E-state index >= 15 is 0 Å². The van der Waals surface area contributed by atoms with Crippen molar-refractivity contribution < 1.29 is 14.6 Å². The van der Waals surface area contributed by atoms with E-state index in [0.717, 1.165) is 0 Å². The first-order chi connectivity index (χ1) is 7.58. The molecule has 0 spiro atoms. The summed E-state index contributed by atoms with van der Waals surface area (Å²) in [6, 6.07) is 5.10. The van der Waals surface area contributed by atoms with Gasteiger partial charge in [0.25, 0.3) is 0 Å². The number of carbonyl (C=O) groups is 1. The second-order valence-corrected chi connectivity index (χ2v) is 4.12. The summed E-state index contributed by atoms with van der Waals surface area (Å²) in [7, 11) is 1.51. The van der Waals surface area contributed by atoms with E-state index in [1.807, 2.05) is 0 Å².